The third-order valence-corrected chi connectivity index (χ3v) is 7.03. The van der Waals surface area contributed by atoms with Crippen molar-refractivity contribution in [3.05, 3.63) is 88.9 Å². The lowest BCUT2D eigenvalue weighted by Gasteiger charge is -2.29. The van der Waals surface area contributed by atoms with E-state index in [0.29, 0.717) is 53.7 Å². The van der Waals surface area contributed by atoms with Gasteiger partial charge in [0, 0.05) is 43.0 Å². The molecule has 0 radical (unpaired) electrons. The van der Waals surface area contributed by atoms with E-state index in [4.69, 9.17) is 25.8 Å². The van der Waals surface area contributed by atoms with Crippen LogP contribution in [0.4, 0.5) is 5.69 Å². The molecule has 0 spiro atoms. The highest BCUT2D eigenvalue weighted by molar-refractivity contribution is 6.30. The normalized spacial score (nSPS) is 16.5. The van der Waals surface area contributed by atoms with Crippen molar-refractivity contribution in [2.24, 2.45) is 11.8 Å². The smallest absolute Gasteiger partial charge is 0.258 e. The van der Waals surface area contributed by atoms with Crippen LogP contribution in [0.15, 0.2) is 72.8 Å². The summed E-state index contributed by atoms with van der Waals surface area (Å²) in [6, 6.07) is 23.3. The van der Waals surface area contributed by atoms with Gasteiger partial charge in [0.15, 0.2) is 11.5 Å². The standard InChI is InChI=1S/C30H35ClN2O4.ClH/c1-35-15-6-16-37-29-18-23(9-14-28(29)36-2)30(34)33(27-12-10-26(31)11-13-27)21-25-20-32-19-24(25)17-22-7-4-3-5-8-22;/h3-5,7-14,18,24-25,32H,6,15-17,19-21H2,1-2H3;1H/t24-,25+;/m0./s1. The van der Waals surface area contributed by atoms with Gasteiger partial charge in [-0.15, -0.1) is 12.4 Å². The van der Waals surface area contributed by atoms with E-state index in [1.54, 1.807) is 32.4 Å². The van der Waals surface area contributed by atoms with Gasteiger partial charge in [0.25, 0.3) is 5.91 Å². The Morgan fingerprint density at radius 1 is 0.947 bits per heavy atom. The lowest BCUT2D eigenvalue weighted by molar-refractivity contribution is 0.0980. The summed E-state index contributed by atoms with van der Waals surface area (Å²) in [7, 11) is 3.26. The van der Waals surface area contributed by atoms with Crippen LogP contribution in [-0.4, -0.2) is 53.0 Å². The quantitative estimate of drug-likeness (QED) is 0.280. The van der Waals surface area contributed by atoms with Crippen molar-refractivity contribution in [3.63, 3.8) is 0 Å². The van der Waals surface area contributed by atoms with Crippen molar-refractivity contribution < 1.29 is 19.0 Å². The van der Waals surface area contributed by atoms with Crippen LogP contribution in [0, 0.1) is 11.8 Å². The Labute approximate surface area is 236 Å². The molecule has 4 rings (SSSR count). The van der Waals surface area contributed by atoms with Crippen LogP contribution in [0.1, 0.15) is 22.3 Å². The zero-order valence-corrected chi connectivity index (χ0v) is 23.5. The minimum Gasteiger partial charge on any atom is -0.493 e. The number of hydrogen-bond donors (Lipinski definition) is 1. The first-order chi connectivity index (χ1) is 18.1. The molecule has 1 aliphatic heterocycles. The summed E-state index contributed by atoms with van der Waals surface area (Å²) < 4.78 is 16.5. The van der Waals surface area contributed by atoms with Crippen LogP contribution in [0.5, 0.6) is 11.5 Å². The predicted octanol–water partition coefficient (Wildman–Crippen LogP) is 5.91. The van der Waals surface area contributed by atoms with E-state index in [0.717, 1.165) is 31.6 Å². The van der Waals surface area contributed by atoms with Gasteiger partial charge in [-0.1, -0.05) is 41.9 Å². The summed E-state index contributed by atoms with van der Waals surface area (Å²) in [5, 5.41) is 4.18. The third-order valence-electron chi connectivity index (χ3n) is 6.78. The summed E-state index contributed by atoms with van der Waals surface area (Å²) in [5.41, 5.74) is 2.68. The Morgan fingerprint density at radius 3 is 2.39 bits per heavy atom. The molecule has 1 fully saturated rings. The molecule has 0 saturated carbocycles. The molecule has 0 aromatic heterocycles. The van der Waals surface area contributed by atoms with Gasteiger partial charge in [-0.2, -0.15) is 0 Å². The van der Waals surface area contributed by atoms with Crippen molar-refractivity contribution >= 4 is 35.6 Å². The number of hydrogen-bond acceptors (Lipinski definition) is 5. The highest BCUT2D eigenvalue weighted by atomic mass is 35.5. The molecular formula is C30H36Cl2N2O4. The average molecular weight is 560 g/mol. The summed E-state index contributed by atoms with van der Waals surface area (Å²) in [5.74, 6) is 1.79. The maximum atomic E-state index is 14.0. The van der Waals surface area contributed by atoms with Gasteiger partial charge in [0.05, 0.1) is 13.7 Å². The van der Waals surface area contributed by atoms with Crippen molar-refractivity contribution in [3.8, 4) is 11.5 Å². The summed E-state index contributed by atoms with van der Waals surface area (Å²) in [4.78, 5) is 15.8. The molecule has 0 unspecified atom stereocenters. The SMILES string of the molecule is COCCCOc1cc(C(=O)N(C[C@H]2CNC[C@@H]2Cc2ccccc2)c2ccc(Cl)cc2)ccc1OC.Cl. The lowest BCUT2D eigenvalue weighted by atomic mass is 9.89. The number of carbonyl (C=O) groups is 1. The average Bonchev–Trinajstić information content (AvgIpc) is 3.36. The number of amides is 1. The molecule has 1 amide bonds. The number of benzene rings is 3. The number of nitrogens with zero attached hydrogens (tertiary/aromatic N) is 1. The second kappa shape index (κ2) is 15.0. The van der Waals surface area contributed by atoms with Gasteiger partial charge in [0.2, 0.25) is 0 Å². The van der Waals surface area contributed by atoms with Crippen LogP contribution >= 0.6 is 24.0 Å². The number of methoxy groups -OCH3 is 2. The molecule has 1 saturated heterocycles. The van der Waals surface area contributed by atoms with E-state index in [-0.39, 0.29) is 18.3 Å². The molecule has 0 bridgehead atoms. The Bertz CT molecular complexity index is 1140. The molecule has 38 heavy (non-hydrogen) atoms. The molecule has 0 aliphatic carbocycles. The van der Waals surface area contributed by atoms with Crippen LogP contribution in [0.3, 0.4) is 0 Å². The van der Waals surface area contributed by atoms with E-state index < -0.39 is 0 Å². The highest BCUT2D eigenvalue weighted by Crippen LogP contribution is 2.31. The minimum absolute atomic E-state index is 0. The fourth-order valence-corrected chi connectivity index (χ4v) is 4.91. The number of nitrogens with one attached hydrogen (secondary N) is 1. The summed E-state index contributed by atoms with van der Waals surface area (Å²) in [6.45, 7) is 3.47. The van der Waals surface area contributed by atoms with Crippen LogP contribution in [0.2, 0.25) is 5.02 Å². The molecular weight excluding hydrogens is 523 g/mol. The van der Waals surface area contributed by atoms with Gasteiger partial charge in [-0.05, 0) is 79.4 Å². The zero-order valence-electron chi connectivity index (χ0n) is 21.9. The molecule has 3 aromatic carbocycles. The molecule has 8 heteroatoms. The van der Waals surface area contributed by atoms with E-state index in [9.17, 15) is 4.79 Å². The number of halogens is 2. The first-order valence-electron chi connectivity index (χ1n) is 12.7. The number of carbonyl (C=O) groups excluding carboxylic acids is 1. The van der Waals surface area contributed by atoms with Crippen LogP contribution < -0.4 is 19.7 Å². The first kappa shape index (κ1) is 29.8. The summed E-state index contributed by atoms with van der Waals surface area (Å²) in [6.07, 6.45) is 1.72. The molecule has 2 atom stereocenters. The number of anilines is 1. The lowest BCUT2D eigenvalue weighted by Crippen LogP contribution is -2.38. The van der Waals surface area contributed by atoms with Crippen LogP contribution in [0.25, 0.3) is 0 Å². The maximum absolute atomic E-state index is 14.0. The highest BCUT2D eigenvalue weighted by Gasteiger charge is 2.31. The molecule has 1 heterocycles. The predicted molar refractivity (Wildman–Crippen MR) is 155 cm³/mol. The Balaban J connectivity index is 0.00000400. The second-order valence-corrected chi connectivity index (χ2v) is 9.76. The molecule has 204 valence electrons. The topological polar surface area (TPSA) is 60.0 Å². The molecule has 1 N–H and O–H groups in total. The molecule has 1 aliphatic rings. The molecule has 3 aromatic rings. The third kappa shape index (κ3) is 7.87. The van der Waals surface area contributed by atoms with Gasteiger partial charge in [-0.25, -0.2) is 0 Å². The van der Waals surface area contributed by atoms with Gasteiger partial charge < -0.3 is 24.4 Å². The van der Waals surface area contributed by atoms with Crippen molar-refractivity contribution in [2.75, 3.05) is 52.0 Å². The van der Waals surface area contributed by atoms with E-state index in [2.05, 4.69) is 29.6 Å². The minimum atomic E-state index is -0.0860. The number of rotatable bonds is 12. The zero-order chi connectivity index (χ0) is 26.0. The van der Waals surface area contributed by atoms with Crippen molar-refractivity contribution in [1.82, 2.24) is 5.32 Å². The first-order valence-corrected chi connectivity index (χ1v) is 13.1. The second-order valence-electron chi connectivity index (χ2n) is 9.32. The number of ether oxygens (including phenoxy) is 3. The monoisotopic (exact) mass is 558 g/mol. The van der Waals surface area contributed by atoms with E-state index in [1.807, 2.05) is 35.2 Å². The van der Waals surface area contributed by atoms with E-state index in [1.165, 1.54) is 5.56 Å². The summed E-state index contributed by atoms with van der Waals surface area (Å²) >= 11 is 6.17. The Morgan fingerprint density at radius 2 is 1.68 bits per heavy atom. The fraction of sp³-hybridized carbons (Fsp3) is 0.367. The maximum Gasteiger partial charge on any atom is 0.258 e. The fourth-order valence-electron chi connectivity index (χ4n) is 4.78. The van der Waals surface area contributed by atoms with Crippen molar-refractivity contribution in [1.29, 1.82) is 0 Å². The molecule has 6 nitrogen and oxygen atoms in total. The van der Waals surface area contributed by atoms with Crippen LogP contribution in [-0.2, 0) is 11.2 Å². The Kier molecular flexibility index (Phi) is 11.7. The largest absolute Gasteiger partial charge is 0.493 e. The van der Waals surface area contributed by atoms with E-state index >= 15 is 0 Å². The van der Waals surface area contributed by atoms with Gasteiger partial charge >= 0.3 is 0 Å². The van der Waals surface area contributed by atoms with Gasteiger partial charge in [0.1, 0.15) is 0 Å². The van der Waals surface area contributed by atoms with Gasteiger partial charge in [-0.3, -0.25) is 4.79 Å². The Hall–Kier alpha value is -2.77. The van der Waals surface area contributed by atoms with Crippen molar-refractivity contribution in [2.45, 2.75) is 12.8 Å².